The van der Waals surface area contributed by atoms with Gasteiger partial charge in [-0.1, -0.05) is 18.2 Å². The van der Waals surface area contributed by atoms with Crippen molar-refractivity contribution in [3.8, 4) is 11.8 Å². The Morgan fingerprint density at radius 3 is 2.83 bits per heavy atom. The number of rotatable bonds is 11. The van der Waals surface area contributed by atoms with E-state index < -0.39 is 11.4 Å². The normalized spacial score (nSPS) is 15.7. The van der Waals surface area contributed by atoms with Gasteiger partial charge in [-0.3, -0.25) is 0 Å². The number of unbranched alkanes of at least 4 members (excludes halogenated alkanes) is 1. The van der Waals surface area contributed by atoms with Crippen LogP contribution in [0.2, 0.25) is 0 Å². The number of aliphatic hydroxyl groups excluding tert-OH is 1. The van der Waals surface area contributed by atoms with E-state index in [4.69, 9.17) is 9.84 Å². The largest absolute Gasteiger partial charge is 0.490 e. The minimum atomic E-state index is -1.32. The first-order valence-corrected chi connectivity index (χ1v) is 10.1. The fraction of sp³-hybridized carbons (Fsp3) is 0.571. The highest BCUT2D eigenvalue weighted by Crippen LogP contribution is 2.34. The molecule has 1 aliphatic rings. The summed E-state index contributed by atoms with van der Waals surface area (Å²) in [5.74, 6) is 0.176. The monoisotopic (exact) mass is 402 g/mol. The highest BCUT2D eigenvalue weighted by atomic mass is 19.1. The summed E-state index contributed by atoms with van der Waals surface area (Å²) in [6.07, 6.45) is 4.38. The zero-order valence-electron chi connectivity index (χ0n) is 16.6. The molecule has 1 heterocycles. The van der Waals surface area contributed by atoms with Crippen LogP contribution in [0.3, 0.4) is 0 Å². The molecule has 29 heavy (non-hydrogen) atoms. The van der Waals surface area contributed by atoms with Crippen LogP contribution in [0.5, 0.6) is 5.75 Å². The molecule has 8 heteroatoms. The lowest BCUT2D eigenvalue weighted by atomic mass is 9.90. The van der Waals surface area contributed by atoms with Crippen LogP contribution < -0.4 is 4.74 Å². The molecule has 1 aromatic carbocycles. The van der Waals surface area contributed by atoms with Gasteiger partial charge in [0.25, 0.3) is 0 Å². The molecule has 2 aromatic rings. The molecular weight excluding hydrogens is 375 g/mol. The maximum absolute atomic E-state index is 14.2. The number of halogens is 1. The maximum Gasteiger partial charge on any atom is 0.185 e. The van der Waals surface area contributed by atoms with Gasteiger partial charge in [0.05, 0.1) is 18.8 Å². The van der Waals surface area contributed by atoms with Crippen molar-refractivity contribution in [2.75, 3.05) is 13.2 Å². The lowest BCUT2D eigenvalue weighted by Gasteiger charge is -2.28. The zero-order valence-corrected chi connectivity index (χ0v) is 16.6. The van der Waals surface area contributed by atoms with Crippen molar-refractivity contribution in [3.05, 3.63) is 41.0 Å². The Bertz CT molecular complexity index is 875. The van der Waals surface area contributed by atoms with Crippen LogP contribution >= 0.6 is 0 Å². The van der Waals surface area contributed by atoms with Crippen molar-refractivity contribution >= 4 is 0 Å². The minimum Gasteiger partial charge on any atom is -0.490 e. The molecule has 0 bridgehead atoms. The summed E-state index contributed by atoms with van der Waals surface area (Å²) in [5.41, 5.74) is 0.0500. The van der Waals surface area contributed by atoms with Gasteiger partial charge in [-0.25, -0.2) is 9.07 Å². The molecule has 1 atom stereocenters. The van der Waals surface area contributed by atoms with Gasteiger partial charge in [-0.15, -0.1) is 5.10 Å². The van der Waals surface area contributed by atoms with Crippen molar-refractivity contribution in [1.29, 1.82) is 5.26 Å². The highest BCUT2D eigenvalue weighted by Gasteiger charge is 2.31. The average Bonchev–Trinajstić information content (AvgIpc) is 3.48. The Labute approximate surface area is 169 Å². The second kappa shape index (κ2) is 9.33. The highest BCUT2D eigenvalue weighted by molar-refractivity contribution is 5.34. The van der Waals surface area contributed by atoms with E-state index in [1.54, 1.807) is 12.1 Å². The lowest BCUT2D eigenvalue weighted by molar-refractivity contribution is 0.00939. The van der Waals surface area contributed by atoms with Crippen molar-refractivity contribution < 1.29 is 19.3 Å². The number of hydrogen-bond donors (Lipinski definition) is 2. The number of aromatic nitrogens is 3. The summed E-state index contributed by atoms with van der Waals surface area (Å²) < 4.78 is 21.3. The van der Waals surface area contributed by atoms with E-state index in [0.717, 1.165) is 12.8 Å². The lowest BCUT2D eigenvalue weighted by Crippen LogP contribution is -2.32. The molecule has 156 valence electrons. The molecule has 3 rings (SSSR count). The molecule has 1 aromatic heterocycles. The molecule has 1 aliphatic carbocycles. The smallest absolute Gasteiger partial charge is 0.185 e. The molecule has 0 saturated heterocycles. The molecule has 0 amide bonds. The zero-order chi connectivity index (χ0) is 20.9. The summed E-state index contributed by atoms with van der Waals surface area (Å²) in [5, 5.41) is 37.6. The average molecular weight is 402 g/mol. The van der Waals surface area contributed by atoms with Crippen LogP contribution in [0.4, 0.5) is 4.39 Å². The van der Waals surface area contributed by atoms with Gasteiger partial charge in [0.1, 0.15) is 11.7 Å². The molecule has 1 saturated carbocycles. The predicted molar refractivity (Wildman–Crippen MR) is 104 cm³/mol. The fourth-order valence-corrected chi connectivity index (χ4v) is 3.25. The van der Waals surface area contributed by atoms with E-state index >= 15 is 0 Å². The Morgan fingerprint density at radius 2 is 2.17 bits per heavy atom. The summed E-state index contributed by atoms with van der Waals surface area (Å²) in [6, 6.07) is 6.44. The van der Waals surface area contributed by atoms with Gasteiger partial charge in [0.15, 0.2) is 17.3 Å². The Balaban J connectivity index is 1.83. The predicted octanol–water partition coefficient (Wildman–Crippen LogP) is 2.69. The molecule has 0 aliphatic heterocycles. The minimum absolute atomic E-state index is 0.0710. The molecule has 0 spiro atoms. The van der Waals surface area contributed by atoms with E-state index in [-0.39, 0.29) is 24.6 Å². The van der Waals surface area contributed by atoms with E-state index in [9.17, 15) is 14.8 Å². The Kier molecular flexibility index (Phi) is 6.83. The van der Waals surface area contributed by atoms with Crippen LogP contribution in [-0.4, -0.2) is 38.4 Å². The van der Waals surface area contributed by atoms with Crippen LogP contribution in [-0.2, 0) is 18.6 Å². The van der Waals surface area contributed by atoms with E-state index in [2.05, 4.69) is 10.3 Å². The van der Waals surface area contributed by atoms with E-state index in [0.29, 0.717) is 49.5 Å². The number of ether oxygens (including phenoxy) is 1. The number of nitriles is 1. The molecule has 1 fully saturated rings. The van der Waals surface area contributed by atoms with Gasteiger partial charge in [-0.2, -0.15) is 5.26 Å². The third-order valence-corrected chi connectivity index (χ3v) is 5.40. The van der Waals surface area contributed by atoms with Crippen LogP contribution in [0.1, 0.15) is 56.0 Å². The van der Waals surface area contributed by atoms with Gasteiger partial charge in [-0.05, 0) is 62.1 Å². The number of aliphatic hydroxyl groups is 2. The first-order valence-electron chi connectivity index (χ1n) is 10.1. The first-order chi connectivity index (χ1) is 14.0. The van der Waals surface area contributed by atoms with Crippen LogP contribution in [0, 0.1) is 23.1 Å². The maximum atomic E-state index is 14.2. The van der Waals surface area contributed by atoms with Crippen LogP contribution in [0.25, 0.3) is 0 Å². The molecular formula is C21H27FN4O3. The second-order valence-electron chi connectivity index (χ2n) is 7.62. The topological polar surface area (TPSA) is 104 Å². The van der Waals surface area contributed by atoms with Gasteiger partial charge in [0.2, 0.25) is 0 Å². The molecule has 0 radical (unpaired) electrons. The molecule has 2 N–H and O–H groups in total. The van der Waals surface area contributed by atoms with Gasteiger partial charge < -0.3 is 14.9 Å². The summed E-state index contributed by atoms with van der Waals surface area (Å²) in [4.78, 5) is 0. The summed E-state index contributed by atoms with van der Waals surface area (Å²) in [6.45, 7) is 2.47. The van der Waals surface area contributed by atoms with E-state index in [1.807, 2.05) is 13.0 Å². The Morgan fingerprint density at radius 1 is 1.38 bits per heavy atom. The quantitative estimate of drug-likeness (QED) is 0.560. The van der Waals surface area contributed by atoms with Gasteiger partial charge >= 0.3 is 0 Å². The number of benzene rings is 1. The summed E-state index contributed by atoms with van der Waals surface area (Å²) >= 11 is 0. The molecule has 7 nitrogen and oxygen atoms in total. The second-order valence-corrected chi connectivity index (χ2v) is 7.62. The van der Waals surface area contributed by atoms with Crippen molar-refractivity contribution in [1.82, 2.24) is 15.0 Å². The van der Waals surface area contributed by atoms with Crippen molar-refractivity contribution in [2.24, 2.45) is 5.92 Å². The van der Waals surface area contributed by atoms with Crippen molar-refractivity contribution in [2.45, 2.75) is 57.6 Å². The van der Waals surface area contributed by atoms with E-state index in [1.165, 1.54) is 10.7 Å². The standard InChI is InChI=1S/C21H27FN4O3/c1-2-21(28,14-26-19(5-3-4-10-27)18(12-23)24-25-26)16-8-9-17(22)20(11-16)29-13-15-6-7-15/h8-9,11,15,27-28H,2-7,10,13-14H2,1H3/t21-/m1/s1. The molecule has 0 unspecified atom stereocenters. The van der Waals surface area contributed by atoms with Gasteiger partial charge in [0, 0.05) is 6.61 Å². The fourth-order valence-electron chi connectivity index (χ4n) is 3.25. The third kappa shape index (κ3) is 5.11. The first kappa shape index (κ1) is 21.2. The number of hydrogen-bond acceptors (Lipinski definition) is 6. The number of nitrogens with zero attached hydrogens (tertiary/aromatic N) is 4. The third-order valence-electron chi connectivity index (χ3n) is 5.40. The SMILES string of the molecule is CC[C@@](O)(Cn1nnc(C#N)c1CCCCO)c1ccc(F)c(OCC2CC2)c1. The van der Waals surface area contributed by atoms with Crippen LogP contribution in [0.15, 0.2) is 18.2 Å². The Hall–Kier alpha value is -2.50. The summed E-state index contributed by atoms with van der Waals surface area (Å²) in [7, 11) is 0. The van der Waals surface area contributed by atoms with Crippen molar-refractivity contribution in [3.63, 3.8) is 0 Å².